The molecule has 54 heavy (non-hydrogen) atoms. The molecule has 0 fully saturated rings. The van der Waals surface area contributed by atoms with Gasteiger partial charge < -0.3 is 9.52 Å². The van der Waals surface area contributed by atoms with Crippen LogP contribution >= 0.6 is 11.3 Å². The zero-order valence-corrected chi connectivity index (χ0v) is 37.6. The van der Waals surface area contributed by atoms with Crippen molar-refractivity contribution in [2.75, 3.05) is 0 Å². The van der Waals surface area contributed by atoms with Crippen LogP contribution in [-0.2, 0) is 30.3 Å². The Morgan fingerprint density at radius 2 is 1.37 bits per heavy atom. The summed E-state index contributed by atoms with van der Waals surface area (Å²) < 4.78 is 7.53. The van der Waals surface area contributed by atoms with Crippen molar-refractivity contribution < 1.29 is 34.4 Å². The van der Waals surface area contributed by atoms with Crippen LogP contribution in [0.1, 0.15) is 92.9 Å². The number of aromatic nitrogens is 1. The molecule has 0 spiro atoms. The summed E-state index contributed by atoms with van der Waals surface area (Å²) in [5.74, 6) is 2.59. The third kappa shape index (κ3) is 8.93. The third-order valence-corrected chi connectivity index (χ3v) is 11.9. The minimum Gasteiger partial charge on any atom is -0.512 e. The summed E-state index contributed by atoms with van der Waals surface area (Å²) >= 11 is 1.77. The van der Waals surface area contributed by atoms with Gasteiger partial charge in [-0.1, -0.05) is 124 Å². The van der Waals surface area contributed by atoms with Gasteiger partial charge in [-0.15, -0.1) is 40.5 Å². The molecule has 0 aliphatic rings. The zero-order valence-electron chi connectivity index (χ0n) is 34.3. The number of fused-ring (bicyclic) bond motifs is 3. The van der Waals surface area contributed by atoms with Crippen LogP contribution < -0.4 is 0 Å². The van der Waals surface area contributed by atoms with E-state index in [1.54, 1.807) is 11.3 Å². The maximum absolute atomic E-state index is 12.3. The summed E-state index contributed by atoms with van der Waals surface area (Å²) in [5, 5.41) is 15.1. The van der Waals surface area contributed by atoms with E-state index < -0.39 is 0 Å². The summed E-state index contributed by atoms with van der Waals surface area (Å²) in [7, 11) is 0. The van der Waals surface area contributed by atoms with Gasteiger partial charge in [0.2, 0.25) is 0 Å². The van der Waals surface area contributed by atoms with Gasteiger partial charge in [0.25, 0.3) is 0 Å². The molecule has 0 aliphatic carbocycles. The van der Waals surface area contributed by atoms with E-state index in [0.717, 1.165) is 28.0 Å². The van der Waals surface area contributed by atoms with Crippen molar-refractivity contribution in [3.8, 4) is 21.9 Å². The monoisotopic (exact) mass is 921 g/mol. The number of hydrogen-bond acceptors (Lipinski definition) is 5. The summed E-state index contributed by atoms with van der Waals surface area (Å²) in [5.41, 5.74) is 6.72. The van der Waals surface area contributed by atoms with Gasteiger partial charge >= 0.3 is 0 Å². The summed E-state index contributed by atoms with van der Waals surface area (Å²) in [6.45, 7) is 27.7. The van der Waals surface area contributed by atoms with Crippen LogP contribution in [0.2, 0.25) is 0 Å². The number of hydrogen-bond donors (Lipinski definition) is 1. The third-order valence-electron chi connectivity index (χ3n) is 10.6. The number of ketones is 1. The Bertz CT molecular complexity index is 2250. The van der Waals surface area contributed by atoms with Gasteiger partial charge in [0.05, 0.1) is 10.6 Å². The van der Waals surface area contributed by atoms with Crippen molar-refractivity contribution in [3.05, 3.63) is 101 Å². The number of aliphatic hydroxyl groups excluding tert-OH is 1. The number of furan rings is 1. The molecule has 3 aromatic heterocycles. The first-order valence-corrected chi connectivity index (χ1v) is 20.0. The average Bonchev–Trinajstić information content (AvgIpc) is 3.59. The Labute approximate surface area is 340 Å². The molecule has 0 amide bonds. The number of carbonyl (C=O) groups excluding carboxylic acids is 1. The molecule has 6 heteroatoms. The van der Waals surface area contributed by atoms with Crippen molar-refractivity contribution in [2.24, 2.45) is 35.5 Å². The molecule has 3 heterocycles. The predicted molar refractivity (Wildman–Crippen MR) is 227 cm³/mol. The number of nitrogens with zero attached hydrogens (tertiary/aromatic N) is 1. The van der Waals surface area contributed by atoms with Gasteiger partial charge in [-0.3, -0.25) is 9.78 Å². The Morgan fingerprint density at radius 3 is 1.94 bits per heavy atom. The summed E-state index contributed by atoms with van der Waals surface area (Å²) in [6.07, 6.45) is 3.40. The van der Waals surface area contributed by atoms with E-state index in [-0.39, 0.29) is 48.9 Å². The fourth-order valence-electron chi connectivity index (χ4n) is 8.14. The Balaban J connectivity index is 0.000000281. The smallest absolute Gasteiger partial charge is 0.162 e. The maximum Gasteiger partial charge on any atom is 0.162 e. The fraction of sp³-hybridized carbons (Fsp3) is 0.417. The minimum absolute atomic E-state index is 0. The average molecular weight is 921 g/mol. The van der Waals surface area contributed by atoms with Crippen LogP contribution in [-0.4, -0.2) is 15.9 Å². The van der Waals surface area contributed by atoms with E-state index >= 15 is 0 Å². The molecule has 1 N–H and O–H groups in total. The van der Waals surface area contributed by atoms with Crippen LogP contribution in [0.25, 0.3) is 53.7 Å². The van der Waals surface area contributed by atoms with Crippen LogP contribution in [0.4, 0.5) is 0 Å². The van der Waals surface area contributed by atoms with Crippen molar-refractivity contribution in [2.45, 2.75) is 95.4 Å². The molecule has 0 unspecified atom stereocenters. The number of pyridine rings is 1. The molecule has 0 aliphatic heterocycles. The van der Waals surface area contributed by atoms with Gasteiger partial charge in [-0.2, -0.15) is 0 Å². The first kappa shape index (κ1) is 43.2. The molecular weight excluding hydrogens is 863 g/mol. The number of rotatable bonds is 9. The van der Waals surface area contributed by atoms with Crippen molar-refractivity contribution in [1.82, 2.24) is 4.98 Å². The quantitative estimate of drug-likeness (QED) is 0.0891. The molecule has 6 aromatic rings. The van der Waals surface area contributed by atoms with E-state index in [1.807, 2.05) is 18.3 Å². The van der Waals surface area contributed by atoms with Crippen molar-refractivity contribution in [1.29, 1.82) is 0 Å². The largest absolute Gasteiger partial charge is 0.512 e. The Kier molecular flexibility index (Phi) is 14.0. The van der Waals surface area contributed by atoms with Gasteiger partial charge in [-0.25, -0.2) is 0 Å². The molecule has 6 rings (SSSR count). The van der Waals surface area contributed by atoms with Crippen LogP contribution in [0.5, 0.6) is 0 Å². The molecule has 3 aromatic carbocycles. The summed E-state index contributed by atoms with van der Waals surface area (Å²) in [6, 6.07) is 24.9. The molecule has 0 bridgehead atoms. The van der Waals surface area contributed by atoms with Gasteiger partial charge in [0, 0.05) is 65.6 Å². The summed E-state index contributed by atoms with van der Waals surface area (Å²) in [4.78, 5) is 18.4. The van der Waals surface area contributed by atoms with Gasteiger partial charge in [-0.05, 0) is 66.0 Å². The van der Waals surface area contributed by atoms with E-state index in [1.165, 1.54) is 48.5 Å². The zero-order chi connectivity index (χ0) is 38.9. The second-order valence-corrected chi connectivity index (χ2v) is 18.1. The second kappa shape index (κ2) is 17.5. The fourth-order valence-corrected chi connectivity index (χ4v) is 9.49. The topological polar surface area (TPSA) is 63.3 Å². The van der Waals surface area contributed by atoms with E-state index in [4.69, 9.17) is 9.40 Å². The number of carbonyl (C=O) groups is 1. The van der Waals surface area contributed by atoms with Gasteiger partial charge in [0.1, 0.15) is 11.3 Å². The van der Waals surface area contributed by atoms with Crippen molar-refractivity contribution >= 4 is 48.9 Å². The van der Waals surface area contributed by atoms with E-state index in [2.05, 4.69) is 145 Å². The molecule has 4 nitrogen and oxygen atoms in total. The normalized spacial score (nSPS) is 12.5. The van der Waals surface area contributed by atoms with Crippen LogP contribution in [0, 0.1) is 55.4 Å². The number of thiophene rings is 1. The molecule has 0 saturated carbocycles. The van der Waals surface area contributed by atoms with Gasteiger partial charge in [0.15, 0.2) is 5.78 Å². The predicted octanol–water partition coefficient (Wildman–Crippen LogP) is 14.1. The first-order chi connectivity index (χ1) is 24.9. The number of benzene rings is 3. The Hall–Kier alpha value is -3.57. The van der Waals surface area contributed by atoms with Crippen molar-refractivity contribution in [3.63, 3.8) is 0 Å². The van der Waals surface area contributed by atoms with E-state index in [0.29, 0.717) is 23.7 Å². The number of aliphatic hydroxyl groups is 1. The molecule has 0 atom stereocenters. The SMILES string of the molecule is CC(C)C(C(=O)/C=C(\O)C(C(C)C)C(C)C)C(C)C.Cc1c(-c2sc3c(-c4[c-]c5ccccc5c(C(C)(C)C)c4)nccc3c2C)oc2ccccc12.[Ir]. The standard InChI is InChI=1S/C31H26NOS.C17H32O2.Ir/c1-18-22-11-8-9-13-26(22)33-28(18)29-19(2)23-14-15-32-27(30(23)34-29)21-16-20-10-6-7-12-24(20)25(17-21)31(3,4)5;1-10(2)16(11(3)4)14(18)9-15(19)17(12(5)6)13(7)8;/h6-15,17H,1-5H3;9-13,16-18H,1-8H3;/q-1;;/b;14-9-;. The molecule has 1 radical (unpaired) electrons. The van der Waals surface area contributed by atoms with E-state index in [9.17, 15) is 9.90 Å². The second-order valence-electron chi connectivity index (χ2n) is 17.0. The first-order valence-electron chi connectivity index (χ1n) is 19.2. The minimum atomic E-state index is -0.0119. The molecule has 0 saturated heterocycles. The molecular formula is C48H58IrNO3S-. The number of allylic oxidation sites excluding steroid dienone is 2. The Morgan fingerprint density at radius 1 is 0.796 bits per heavy atom. The maximum atomic E-state index is 12.3. The number of aryl methyl sites for hydroxylation is 2. The number of para-hydroxylation sites is 1. The van der Waals surface area contributed by atoms with Crippen LogP contribution in [0.15, 0.2) is 83.1 Å². The molecule has 289 valence electrons. The van der Waals surface area contributed by atoms with Crippen LogP contribution in [0.3, 0.4) is 0 Å².